The first kappa shape index (κ1) is 13.5. The first-order valence-corrected chi connectivity index (χ1v) is 7.74. The third kappa shape index (κ3) is 2.83. The Bertz CT molecular complexity index is 612. The Morgan fingerprint density at radius 3 is 2.90 bits per heavy atom. The van der Waals surface area contributed by atoms with E-state index in [9.17, 15) is 0 Å². The molecule has 1 aliphatic carbocycles. The first-order valence-electron chi connectivity index (χ1n) is 6.95. The van der Waals surface area contributed by atoms with E-state index in [2.05, 4.69) is 57.6 Å². The highest BCUT2D eigenvalue weighted by atomic mass is 79.9. The fourth-order valence-electron chi connectivity index (χ4n) is 2.85. The van der Waals surface area contributed by atoms with Crippen molar-refractivity contribution in [1.29, 1.82) is 0 Å². The lowest BCUT2D eigenvalue weighted by molar-refractivity contribution is 0.413. The van der Waals surface area contributed by atoms with Gasteiger partial charge in [0.15, 0.2) is 0 Å². The number of ether oxygens (including phenoxy) is 1. The number of hydrogen-bond donors (Lipinski definition) is 1. The van der Waals surface area contributed by atoms with E-state index in [-0.39, 0.29) is 0 Å². The molecule has 1 aliphatic rings. The minimum Gasteiger partial charge on any atom is -0.497 e. The van der Waals surface area contributed by atoms with Gasteiger partial charge in [0.1, 0.15) is 5.75 Å². The molecule has 1 N–H and O–H groups in total. The lowest BCUT2D eigenvalue weighted by atomic mass is 9.87. The molecule has 20 heavy (non-hydrogen) atoms. The molecule has 1 atom stereocenters. The summed E-state index contributed by atoms with van der Waals surface area (Å²) in [4.78, 5) is 0. The predicted octanol–water partition coefficient (Wildman–Crippen LogP) is 4.95. The monoisotopic (exact) mass is 331 g/mol. The van der Waals surface area contributed by atoms with Gasteiger partial charge in [-0.1, -0.05) is 28.1 Å². The van der Waals surface area contributed by atoms with E-state index < -0.39 is 0 Å². The van der Waals surface area contributed by atoms with Gasteiger partial charge >= 0.3 is 0 Å². The van der Waals surface area contributed by atoms with Crippen LogP contribution in [0, 0.1) is 0 Å². The van der Waals surface area contributed by atoms with Crippen molar-refractivity contribution < 1.29 is 4.74 Å². The summed E-state index contributed by atoms with van der Waals surface area (Å²) >= 11 is 3.52. The van der Waals surface area contributed by atoms with Crippen LogP contribution in [-0.4, -0.2) is 7.11 Å². The number of anilines is 1. The molecule has 1 unspecified atom stereocenters. The summed E-state index contributed by atoms with van der Waals surface area (Å²) in [5.74, 6) is 0.951. The van der Waals surface area contributed by atoms with Crippen molar-refractivity contribution >= 4 is 21.6 Å². The SMILES string of the molecule is COc1ccc2c(c1)CCCC2Nc1cccc(Br)c1. The van der Waals surface area contributed by atoms with Gasteiger partial charge in [0.25, 0.3) is 0 Å². The second-order valence-electron chi connectivity index (χ2n) is 5.16. The molecule has 0 heterocycles. The third-order valence-corrected chi connectivity index (χ3v) is 4.32. The fourth-order valence-corrected chi connectivity index (χ4v) is 3.25. The number of methoxy groups -OCH3 is 1. The Morgan fingerprint density at radius 1 is 1.20 bits per heavy atom. The van der Waals surface area contributed by atoms with Gasteiger partial charge in [0.2, 0.25) is 0 Å². The average molecular weight is 332 g/mol. The van der Waals surface area contributed by atoms with E-state index in [0.717, 1.165) is 22.3 Å². The minimum atomic E-state index is 0.388. The number of nitrogens with one attached hydrogen (secondary N) is 1. The fraction of sp³-hybridized carbons (Fsp3) is 0.294. The second kappa shape index (κ2) is 5.88. The van der Waals surface area contributed by atoms with Crippen LogP contribution in [0.4, 0.5) is 5.69 Å². The van der Waals surface area contributed by atoms with Gasteiger partial charge in [-0.3, -0.25) is 0 Å². The highest BCUT2D eigenvalue weighted by Gasteiger charge is 2.20. The molecule has 0 fully saturated rings. The van der Waals surface area contributed by atoms with E-state index in [1.165, 1.54) is 24.0 Å². The molecule has 0 aliphatic heterocycles. The number of aryl methyl sites for hydroxylation is 1. The van der Waals surface area contributed by atoms with Gasteiger partial charge in [-0.25, -0.2) is 0 Å². The minimum absolute atomic E-state index is 0.388. The lowest BCUT2D eigenvalue weighted by Gasteiger charge is -2.27. The number of hydrogen-bond acceptors (Lipinski definition) is 2. The topological polar surface area (TPSA) is 21.3 Å². The van der Waals surface area contributed by atoms with Gasteiger partial charge in [0, 0.05) is 10.2 Å². The van der Waals surface area contributed by atoms with Crippen molar-refractivity contribution in [3.8, 4) is 5.75 Å². The Morgan fingerprint density at radius 2 is 2.10 bits per heavy atom. The maximum absolute atomic E-state index is 5.32. The molecule has 0 bridgehead atoms. The summed E-state index contributed by atoms with van der Waals surface area (Å²) in [6.07, 6.45) is 3.53. The van der Waals surface area contributed by atoms with E-state index in [4.69, 9.17) is 4.74 Å². The molecule has 0 saturated heterocycles. The zero-order valence-electron chi connectivity index (χ0n) is 11.5. The molecule has 2 aromatic rings. The van der Waals surface area contributed by atoms with Gasteiger partial charge in [-0.2, -0.15) is 0 Å². The van der Waals surface area contributed by atoms with Crippen LogP contribution in [0.25, 0.3) is 0 Å². The van der Waals surface area contributed by atoms with Crippen molar-refractivity contribution in [3.63, 3.8) is 0 Å². The van der Waals surface area contributed by atoms with Crippen molar-refractivity contribution in [2.75, 3.05) is 12.4 Å². The largest absolute Gasteiger partial charge is 0.497 e. The maximum Gasteiger partial charge on any atom is 0.119 e. The summed E-state index contributed by atoms with van der Waals surface area (Å²) in [5, 5.41) is 3.64. The molecular formula is C17H18BrNO. The highest BCUT2D eigenvalue weighted by Crippen LogP contribution is 2.34. The van der Waals surface area contributed by atoms with Crippen molar-refractivity contribution in [1.82, 2.24) is 0 Å². The average Bonchev–Trinajstić information content (AvgIpc) is 2.47. The van der Waals surface area contributed by atoms with Crippen LogP contribution in [0.3, 0.4) is 0 Å². The van der Waals surface area contributed by atoms with E-state index >= 15 is 0 Å². The van der Waals surface area contributed by atoms with Crippen LogP contribution in [0.15, 0.2) is 46.9 Å². The molecule has 0 amide bonds. The molecule has 0 radical (unpaired) electrons. The number of halogens is 1. The Labute approximate surface area is 128 Å². The molecule has 0 spiro atoms. The highest BCUT2D eigenvalue weighted by molar-refractivity contribution is 9.10. The number of fused-ring (bicyclic) bond motifs is 1. The van der Waals surface area contributed by atoms with Gasteiger partial charge in [-0.15, -0.1) is 0 Å². The molecule has 0 aromatic heterocycles. The van der Waals surface area contributed by atoms with E-state index in [0.29, 0.717) is 6.04 Å². The molecule has 3 heteroatoms. The van der Waals surface area contributed by atoms with Crippen LogP contribution in [0.1, 0.15) is 30.0 Å². The van der Waals surface area contributed by atoms with Crippen molar-refractivity contribution in [2.45, 2.75) is 25.3 Å². The van der Waals surface area contributed by atoms with Crippen LogP contribution in [0.5, 0.6) is 5.75 Å². The van der Waals surface area contributed by atoms with Crippen molar-refractivity contribution in [2.24, 2.45) is 0 Å². The normalized spacial score (nSPS) is 17.4. The lowest BCUT2D eigenvalue weighted by Crippen LogP contribution is -2.17. The molecule has 2 nitrogen and oxygen atoms in total. The smallest absolute Gasteiger partial charge is 0.119 e. The predicted molar refractivity (Wildman–Crippen MR) is 86.4 cm³/mol. The van der Waals surface area contributed by atoms with Crippen LogP contribution >= 0.6 is 15.9 Å². The summed E-state index contributed by atoms with van der Waals surface area (Å²) in [7, 11) is 1.72. The Kier molecular flexibility index (Phi) is 3.97. The van der Waals surface area contributed by atoms with Crippen LogP contribution in [-0.2, 0) is 6.42 Å². The summed E-state index contributed by atoms with van der Waals surface area (Å²) < 4.78 is 6.43. The summed E-state index contributed by atoms with van der Waals surface area (Å²) in [6, 6.07) is 15.2. The van der Waals surface area contributed by atoms with Gasteiger partial charge in [0.05, 0.1) is 13.2 Å². The molecular weight excluding hydrogens is 314 g/mol. The molecule has 3 rings (SSSR count). The number of rotatable bonds is 3. The van der Waals surface area contributed by atoms with Crippen molar-refractivity contribution in [3.05, 3.63) is 58.1 Å². The van der Waals surface area contributed by atoms with E-state index in [1.54, 1.807) is 7.11 Å². The zero-order valence-corrected chi connectivity index (χ0v) is 13.1. The van der Waals surface area contributed by atoms with Crippen LogP contribution < -0.4 is 10.1 Å². The van der Waals surface area contributed by atoms with Crippen LogP contribution in [0.2, 0.25) is 0 Å². The van der Waals surface area contributed by atoms with Gasteiger partial charge < -0.3 is 10.1 Å². The maximum atomic E-state index is 5.32. The summed E-state index contributed by atoms with van der Waals surface area (Å²) in [5.41, 5.74) is 3.97. The quantitative estimate of drug-likeness (QED) is 0.859. The molecule has 2 aromatic carbocycles. The van der Waals surface area contributed by atoms with Gasteiger partial charge in [-0.05, 0) is 60.7 Å². The third-order valence-electron chi connectivity index (χ3n) is 3.83. The van der Waals surface area contributed by atoms with E-state index in [1.807, 2.05) is 6.07 Å². The Balaban J connectivity index is 1.86. The number of benzene rings is 2. The summed E-state index contributed by atoms with van der Waals surface area (Å²) in [6.45, 7) is 0. The Hall–Kier alpha value is -1.48. The standard InChI is InChI=1S/C17H18BrNO/c1-20-15-8-9-16-12(10-15)4-2-7-17(16)19-14-6-3-5-13(18)11-14/h3,5-6,8-11,17,19H,2,4,7H2,1H3. The second-order valence-corrected chi connectivity index (χ2v) is 6.08. The first-order chi connectivity index (χ1) is 9.76. The zero-order chi connectivity index (χ0) is 13.9. The molecule has 104 valence electrons. The molecule has 0 saturated carbocycles.